The van der Waals surface area contributed by atoms with Gasteiger partial charge in [-0.3, -0.25) is 9.69 Å². The van der Waals surface area contributed by atoms with E-state index in [0.29, 0.717) is 39.4 Å². The lowest BCUT2D eigenvalue weighted by atomic mass is 9.99. The SMILES string of the molecule is Cc1c(O)c(CN2CCCCCC2)cc2c(=O)c(-c3nc4ccccc4s3)c(C(C)C)oc12. The maximum Gasteiger partial charge on any atom is 0.203 e. The number of aromatic nitrogens is 1. The Hall–Kier alpha value is -2.70. The van der Waals surface area contributed by atoms with Crippen molar-refractivity contribution in [3.8, 4) is 16.3 Å². The molecule has 1 saturated heterocycles. The molecule has 0 saturated carbocycles. The van der Waals surface area contributed by atoms with Crippen molar-refractivity contribution in [3.05, 3.63) is 57.4 Å². The maximum atomic E-state index is 13.9. The molecular formula is C27H30N2O3S. The Balaban J connectivity index is 1.70. The molecule has 4 aromatic rings. The lowest BCUT2D eigenvalue weighted by Crippen LogP contribution is -2.24. The summed E-state index contributed by atoms with van der Waals surface area (Å²) in [5.41, 5.74) is 3.26. The third-order valence-electron chi connectivity index (χ3n) is 6.62. The highest BCUT2D eigenvalue weighted by Gasteiger charge is 2.24. The van der Waals surface area contributed by atoms with Gasteiger partial charge in [-0.25, -0.2) is 4.98 Å². The molecule has 3 heterocycles. The molecule has 1 aliphatic heterocycles. The van der Waals surface area contributed by atoms with Gasteiger partial charge in [-0.1, -0.05) is 38.8 Å². The van der Waals surface area contributed by atoms with Crippen molar-refractivity contribution in [2.24, 2.45) is 0 Å². The van der Waals surface area contributed by atoms with Gasteiger partial charge in [0.05, 0.1) is 21.2 Å². The van der Waals surface area contributed by atoms with Crippen LogP contribution in [0.1, 0.15) is 62.3 Å². The van der Waals surface area contributed by atoms with Crippen molar-refractivity contribution in [1.82, 2.24) is 9.88 Å². The van der Waals surface area contributed by atoms with Gasteiger partial charge in [-0.2, -0.15) is 0 Å². The number of aromatic hydroxyl groups is 1. The first-order valence-corrected chi connectivity index (χ1v) is 12.7. The molecule has 0 amide bonds. The highest BCUT2D eigenvalue weighted by atomic mass is 32.1. The maximum absolute atomic E-state index is 13.9. The fourth-order valence-corrected chi connectivity index (χ4v) is 5.82. The van der Waals surface area contributed by atoms with Crippen LogP contribution in [0.3, 0.4) is 0 Å². The number of likely N-dealkylation sites (tertiary alicyclic amines) is 1. The van der Waals surface area contributed by atoms with Gasteiger partial charge in [0.15, 0.2) is 0 Å². The van der Waals surface area contributed by atoms with Crippen LogP contribution >= 0.6 is 11.3 Å². The fraction of sp³-hybridized carbons (Fsp3) is 0.407. The van der Waals surface area contributed by atoms with Crippen molar-refractivity contribution >= 4 is 32.5 Å². The topological polar surface area (TPSA) is 66.6 Å². The number of phenols is 1. The summed E-state index contributed by atoms with van der Waals surface area (Å²) in [6.45, 7) is 8.56. The molecule has 0 atom stereocenters. The van der Waals surface area contributed by atoms with Crippen molar-refractivity contribution in [2.75, 3.05) is 13.1 Å². The van der Waals surface area contributed by atoms with E-state index >= 15 is 0 Å². The normalized spacial score (nSPS) is 15.5. The molecular weight excluding hydrogens is 432 g/mol. The first kappa shape index (κ1) is 22.1. The van der Waals surface area contributed by atoms with Crippen molar-refractivity contribution in [1.29, 1.82) is 0 Å². The van der Waals surface area contributed by atoms with E-state index < -0.39 is 0 Å². The van der Waals surface area contributed by atoms with E-state index in [9.17, 15) is 9.90 Å². The third kappa shape index (κ3) is 4.06. The zero-order valence-electron chi connectivity index (χ0n) is 19.5. The van der Waals surface area contributed by atoms with Crippen LogP contribution in [0.5, 0.6) is 5.75 Å². The summed E-state index contributed by atoms with van der Waals surface area (Å²) in [6, 6.07) is 9.77. The quantitative estimate of drug-likeness (QED) is 0.371. The molecule has 5 nitrogen and oxygen atoms in total. The Labute approximate surface area is 197 Å². The minimum atomic E-state index is -0.0702. The molecule has 0 bridgehead atoms. The molecule has 6 heteroatoms. The Morgan fingerprint density at radius 1 is 1.15 bits per heavy atom. The first-order chi connectivity index (χ1) is 15.9. The molecule has 1 aliphatic rings. The van der Waals surface area contributed by atoms with E-state index in [1.807, 2.05) is 51.1 Å². The molecule has 0 spiro atoms. The van der Waals surface area contributed by atoms with Crippen LogP contribution in [0.2, 0.25) is 0 Å². The number of thiazole rings is 1. The van der Waals surface area contributed by atoms with Gasteiger partial charge in [0.25, 0.3) is 0 Å². The van der Waals surface area contributed by atoms with Crippen LogP contribution in [0.15, 0.2) is 39.5 Å². The number of benzene rings is 2. The number of hydrogen-bond donors (Lipinski definition) is 1. The summed E-state index contributed by atoms with van der Waals surface area (Å²) < 4.78 is 7.40. The summed E-state index contributed by atoms with van der Waals surface area (Å²) in [4.78, 5) is 21.0. The molecule has 33 heavy (non-hydrogen) atoms. The van der Waals surface area contributed by atoms with E-state index in [2.05, 4.69) is 4.90 Å². The molecule has 0 radical (unpaired) electrons. The van der Waals surface area contributed by atoms with Gasteiger partial charge in [0.2, 0.25) is 5.43 Å². The summed E-state index contributed by atoms with van der Waals surface area (Å²) in [5.74, 6) is 0.856. The monoisotopic (exact) mass is 462 g/mol. The average Bonchev–Trinajstić information content (AvgIpc) is 3.06. The third-order valence-corrected chi connectivity index (χ3v) is 7.67. The van der Waals surface area contributed by atoms with E-state index in [-0.39, 0.29) is 17.1 Å². The lowest BCUT2D eigenvalue weighted by molar-refractivity contribution is 0.272. The number of fused-ring (bicyclic) bond motifs is 2. The predicted octanol–water partition coefficient (Wildman–Crippen LogP) is 6.58. The Kier molecular flexibility index (Phi) is 5.97. The van der Waals surface area contributed by atoms with Gasteiger partial charge in [-0.15, -0.1) is 11.3 Å². The molecule has 0 aliphatic carbocycles. The molecule has 172 valence electrons. The van der Waals surface area contributed by atoms with Crippen LogP contribution < -0.4 is 5.43 Å². The van der Waals surface area contributed by atoms with Crippen LogP contribution in [0.4, 0.5) is 0 Å². The minimum absolute atomic E-state index is 0.00225. The van der Waals surface area contributed by atoms with E-state index in [1.54, 1.807) is 0 Å². The number of hydrogen-bond acceptors (Lipinski definition) is 6. The molecule has 5 rings (SSSR count). The number of aryl methyl sites for hydroxylation is 1. The molecule has 1 N–H and O–H groups in total. The average molecular weight is 463 g/mol. The minimum Gasteiger partial charge on any atom is -0.507 e. The number of para-hydroxylation sites is 1. The Morgan fingerprint density at radius 3 is 2.58 bits per heavy atom. The highest BCUT2D eigenvalue weighted by molar-refractivity contribution is 7.21. The van der Waals surface area contributed by atoms with Gasteiger partial charge in [-0.05, 0) is 51.1 Å². The smallest absolute Gasteiger partial charge is 0.203 e. The van der Waals surface area contributed by atoms with Gasteiger partial charge in [0.1, 0.15) is 22.1 Å². The van der Waals surface area contributed by atoms with E-state index in [0.717, 1.165) is 28.9 Å². The van der Waals surface area contributed by atoms with Crippen LogP contribution in [0, 0.1) is 6.92 Å². The second-order valence-corrected chi connectivity index (χ2v) is 10.4. The van der Waals surface area contributed by atoms with Gasteiger partial charge in [0, 0.05) is 23.6 Å². The van der Waals surface area contributed by atoms with Gasteiger partial charge < -0.3 is 9.52 Å². The highest BCUT2D eigenvalue weighted by Crippen LogP contribution is 2.38. The van der Waals surface area contributed by atoms with Crippen molar-refractivity contribution < 1.29 is 9.52 Å². The summed E-state index contributed by atoms with van der Waals surface area (Å²) in [7, 11) is 0. The van der Waals surface area contributed by atoms with Crippen molar-refractivity contribution in [3.63, 3.8) is 0 Å². The number of phenolic OH excluding ortho intramolecular Hbond substituents is 1. The molecule has 0 unspecified atom stereocenters. The molecule has 1 fully saturated rings. The lowest BCUT2D eigenvalue weighted by Gasteiger charge is -2.21. The van der Waals surface area contributed by atoms with E-state index in [4.69, 9.17) is 9.40 Å². The van der Waals surface area contributed by atoms with Crippen LogP contribution in [-0.2, 0) is 6.54 Å². The van der Waals surface area contributed by atoms with E-state index in [1.165, 1.54) is 37.0 Å². The summed E-state index contributed by atoms with van der Waals surface area (Å²) >= 11 is 1.52. The van der Waals surface area contributed by atoms with Gasteiger partial charge >= 0.3 is 0 Å². The van der Waals surface area contributed by atoms with Crippen LogP contribution in [0.25, 0.3) is 31.8 Å². The standard InChI is InChI=1S/C27H30N2O3S/c1-16(2)25-22(27-28-20-10-6-7-11-21(20)33-27)24(31)19-14-18(23(30)17(3)26(19)32-25)15-29-12-8-4-5-9-13-29/h6-7,10-11,14,16,30H,4-5,8-9,12-13,15H2,1-3H3. The van der Waals surface area contributed by atoms with Crippen LogP contribution in [-0.4, -0.2) is 28.1 Å². The molecule has 2 aromatic carbocycles. The zero-order valence-corrected chi connectivity index (χ0v) is 20.3. The molecule has 2 aromatic heterocycles. The number of nitrogens with zero attached hydrogens (tertiary/aromatic N) is 2. The van der Waals surface area contributed by atoms with Crippen molar-refractivity contribution in [2.45, 2.75) is 58.9 Å². The fourth-order valence-electron chi connectivity index (χ4n) is 4.81. The second kappa shape index (κ2) is 8.92. The Bertz CT molecular complexity index is 1340. The largest absolute Gasteiger partial charge is 0.507 e. The Morgan fingerprint density at radius 2 is 1.88 bits per heavy atom. The summed E-state index contributed by atoms with van der Waals surface area (Å²) in [5, 5.41) is 12.2. The first-order valence-electron chi connectivity index (χ1n) is 11.8. The zero-order chi connectivity index (χ0) is 23.1. The summed E-state index contributed by atoms with van der Waals surface area (Å²) in [6.07, 6.45) is 4.86. The second-order valence-electron chi connectivity index (χ2n) is 9.39. The number of rotatable bonds is 4. The predicted molar refractivity (Wildman–Crippen MR) is 135 cm³/mol.